The molecule has 1 N–H and O–H groups in total. The fourth-order valence-electron chi connectivity index (χ4n) is 1.62. The number of likely N-dealkylation sites (N-methyl/N-ethyl adjacent to an activating group) is 1. The number of nitrogens with one attached hydrogen (secondary N) is 1. The number of nitrogens with zero attached hydrogens (tertiary/aromatic N) is 1. The number of halogens is 2. The van der Waals surface area contributed by atoms with Crippen molar-refractivity contribution in [3.8, 4) is 0 Å². The lowest BCUT2D eigenvalue weighted by Gasteiger charge is -2.18. The van der Waals surface area contributed by atoms with Gasteiger partial charge in [-0.2, -0.15) is 0 Å². The Balaban J connectivity index is 2.83. The van der Waals surface area contributed by atoms with Crippen LogP contribution in [-0.2, 0) is 14.8 Å². The molecule has 0 radical (unpaired) electrons. The third-order valence-corrected chi connectivity index (χ3v) is 5.09. The molecule has 0 aromatic heterocycles. The summed E-state index contributed by atoms with van der Waals surface area (Å²) >= 11 is 2.99. The molecule has 0 aliphatic heterocycles. The molecule has 5 nitrogen and oxygen atoms in total. The van der Waals surface area contributed by atoms with Gasteiger partial charge in [0.2, 0.25) is 15.9 Å². The van der Waals surface area contributed by atoms with Gasteiger partial charge in [-0.3, -0.25) is 4.79 Å². The highest BCUT2D eigenvalue weighted by Crippen LogP contribution is 2.22. The lowest BCUT2D eigenvalue weighted by Crippen LogP contribution is -2.40. The highest BCUT2D eigenvalue weighted by atomic mass is 79.9. The van der Waals surface area contributed by atoms with Crippen molar-refractivity contribution in [1.29, 1.82) is 0 Å². The summed E-state index contributed by atoms with van der Waals surface area (Å²) in [6, 6.07) is 3.25. The van der Waals surface area contributed by atoms with E-state index in [1.165, 1.54) is 4.90 Å². The Bertz CT molecular complexity index is 588. The standard InChI is InChI=1S/C12H16BrFN2O3S/c1-3-16(4-2)12(17)8-15-20(18,19)11-6-5-9(14)7-10(11)13/h5-7,15H,3-4,8H2,1-2H3. The first-order valence-corrected chi connectivity index (χ1v) is 8.32. The lowest BCUT2D eigenvalue weighted by molar-refractivity contribution is -0.129. The van der Waals surface area contributed by atoms with Crippen LogP contribution in [0.4, 0.5) is 4.39 Å². The topological polar surface area (TPSA) is 66.5 Å². The molecule has 0 fully saturated rings. The van der Waals surface area contributed by atoms with E-state index in [9.17, 15) is 17.6 Å². The lowest BCUT2D eigenvalue weighted by atomic mass is 10.3. The van der Waals surface area contributed by atoms with Crippen molar-refractivity contribution in [2.24, 2.45) is 0 Å². The van der Waals surface area contributed by atoms with Crippen molar-refractivity contribution in [1.82, 2.24) is 9.62 Å². The first-order valence-electron chi connectivity index (χ1n) is 6.04. The summed E-state index contributed by atoms with van der Waals surface area (Å²) in [5.74, 6) is -0.855. The summed E-state index contributed by atoms with van der Waals surface area (Å²) in [6.45, 7) is 4.32. The van der Waals surface area contributed by atoms with Crippen molar-refractivity contribution in [2.45, 2.75) is 18.7 Å². The van der Waals surface area contributed by atoms with E-state index in [1.54, 1.807) is 0 Å². The van der Waals surface area contributed by atoms with Crippen LogP contribution in [-0.4, -0.2) is 38.9 Å². The third-order valence-electron chi connectivity index (χ3n) is 2.71. The number of amides is 1. The number of hydrogen-bond acceptors (Lipinski definition) is 3. The number of rotatable bonds is 6. The molecule has 0 bridgehead atoms. The molecule has 0 saturated heterocycles. The van der Waals surface area contributed by atoms with Gasteiger partial charge < -0.3 is 4.90 Å². The molecule has 0 aliphatic rings. The summed E-state index contributed by atoms with van der Waals surface area (Å²) in [4.78, 5) is 13.2. The maximum Gasteiger partial charge on any atom is 0.242 e. The van der Waals surface area contributed by atoms with Gasteiger partial charge in [0.05, 0.1) is 11.4 Å². The molecule has 8 heteroatoms. The van der Waals surface area contributed by atoms with Crippen LogP contribution >= 0.6 is 15.9 Å². The van der Waals surface area contributed by atoms with Gasteiger partial charge >= 0.3 is 0 Å². The average molecular weight is 367 g/mol. The van der Waals surface area contributed by atoms with Crippen LogP contribution in [0.5, 0.6) is 0 Å². The van der Waals surface area contributed by atoms with Crippen LogP contribution in [0.3, 0.4) is 0 Å². The zero-order valence-corrected chi connectivity index (χ0v) is 13.6. The molecule has 1 aromatic carbocycles. The summed E-state index contributed by atoms with van der Waals surface area (Å²) in [6.07, 6.45) is 0. The molecule has 1 rings (SSSR count). The van der Waals surface area contributed by atoms with E-state index in [0.29, 0.717) is 13.1 Å². The molecule has 0 spiro atoms. The molecule has 1 aromatic rings. The molecule has 0 saturated carbocycles. The number of carbonyl (C=O) groups is 1. The van der Waals surface area contributed by atoms with E-state index in [-0.39, 0.29) is 21.8 Å². The van der Waals surface area contributed by atoms with Gasteiger partial charge in [-0.25, -0.2) is 17.5 Å². The predicted octanol–water partition coefficient (Wildman–Crippen LogP) is 1.73. The summed E-state index contributed by atoms with van der Waals surface area (Å²) in [5.41, 5.74) is 0. The molecule has 0 heterocycles. The summed E-state index contributed by atoms with van der Waals surface area (Å²) in [5, 5.41) is 0. The quantitative estimate of drug-likeness (QED) is 0.833. The van der Waals surface area contributed by atoms with Gasteiger partial charge in [0.25, 0.3) is 0 Å². The molecule has 1 amide bonds. The van der Waals surface area contributed by atoms with Gasteiger partial charge in [-0.05, 0) is 48.0 Å². The predicted molar refractivity (Wildman–Crippen MR) is 77.2 cm³/mol. The molecule has 112 valence electrons. The van der Waals surface area contributed by atoms with Crippen LogP contribution in [0.25, 0.3) is 0 Å². The Morgan fingerprint density at radius 3 is 2.45 bits per heavy atom. The van der Waals surface area contributed by atoms with E-state index in [2.05, 4.69) is 20.7 Å². The first kappa shape index (κ1) is 17.1. The highest BCUT2D eigenvalue weighted by Gasteiger charge is 2.20. The number of carbonyl (C=O) groups excluding carboxylic acids is 1. The van der Waals surface area contributed by atoms with E-state index in [0.717, 1.165) is 18.2 Å². The molecule has 0 atom stereocenters. The Labute approximate surface area is 126 Å². The Morgan fingerprint density at radius 1 is 1.35 bits per heavy atom. The fourth-order valence-corrected chi connectivity index (χ4v) is 3.64. The minimum absolute atomic E-state index is 0.105. The van der Waals surface area contributed by atoms with Gasteiger partial charge in [0.1, 0.15) is 5.82 Å². The highest BCUT2D eigenvalue weighted by molar-refractivity contribution is 9.10. The first-order chi connectivity index (χ1) is 9.31. The van der Waals surface area contributed by atoms with Gasteiger partial charge in [-0.15, -0.1) is 0 Å². The molecule has 20 heavy (non-hydrogen) atoms. The molecule has 0 unspecified atom stereocenters. The van der Waals surface area contributed by atoms with Crippen molar-refractivity contribution in [3.05, 3.63) is 28.5 Å². The van der Waals surface area contributed by atoms with E-state index in [4.69, 9.17) is 0 Å². The number of benzene rings is 1. The van der Waals surface area contributed by atoms with Gasteiger partial charge in [-0.1, -0.05) is 0 Å². The Morgan fingerprint density at radius 2 is 1.95 bits per heavy atom. The molecular weight excluding hydrogens is 351 g/mol. The Kier molecular flexibility index (Phi) is 6.09. The Hall–Kier alpha value is -0.990. The van der Waals surface area contributed by atoms with Crippen molar-refractivity contribution >= 4 is 31.9 Å². The maximum absolute atomic E-state index is 12.9. The van der Waals surface area contributed by atoms with Crippen LogP contribution in [0, 0.1) is 5.82 Å². The van der Waals surface area contributed by atoms with Crippen LogP contribution in [0.15, 0.2) is 27.6 Å². The van der Waals surface area contributed by atoms with E-state index >= 15 is 0 Å². The monoisotopic (exact) mass is 366 g/mol. The SMILES string of the molecule is CCN(CC)C(=O)CNS(=O)(=O)c1ccc(F)cc1Br. The molecular formula is C12H16BrFN2O3S. The van der Waals surface area contributed by atoms with E-state index < -0.39 is 15.8 Å². The summed E-state index contributed by atoms with van der Waals surface area (Å²) < 4.78 is 39.3. The zero-order valence-electron chi connectivity index (χ0n) is 11.2. The summed E-state index contributed by atoms with van der Waals surface area (Å²) in [7, 11) is -3.86. The largest absolute Gasteiger partial charge is 0.342 e. The van der Waals surface area contributed by atoms with Crippen LogP contribution in [0.1, 0.15) is 13.8 Å². The van der Waals surface area contributed by atoms with Gasteiger partial charge in [0.15, 0.2) is 0 Å². The van der Waals surface area contributed by atoms with Crippen molar-refractivity contribution in [3.63, 3.8) is 0 Å². The fraction of sp³-hybridized carbons (Fsp3) is 0.417. The minimum atomic E-state index is -3.86. The van der Waals surface area contributed by atoms with Crippen molar-refractivity contribution in [2.75, 3.05) is 19.6 Å². The van der Waals surface area contributed by atoms with Gasteiger partial charge in [0, 0.05) is 17.6 Å². The second-order valence-corrected chi connectivity index (χ2v) is 6.56. The third kappa shape index (κ3) is 4.26. The second-order valence-electron chi connectivity index (χ2n) is 3.97. The number of hydrogen-bond donors (Lipinski definition) is 1. The number of sulfonamides is 1. The van der Waals surface area contributed by atoms with E-state index in [1.807, 2.05) is 13.8 Å². The molecule has 0 aliphatic carbocycles. The zero-order chi connectivity index (χ0) is 15.3. The van der Waals surface area contributed by atoms with Crippen LogP contribution < -0.4 is 4.72 Å². The average Bonchev–Trinajstić information content (AvgIpc) is 2.37. The van der Waals surface area contributed by atoms with Crippen molar-refractivity contribution < 1.29 is 17.6 Å². The smallest absolute Gasteiger partial charge is 0.242 e. The minimum Gasteiger partial charge on any atom is -0.342 e. The van der Waals surface area contributed by atoms with Crippen LogP contribution in [0.2, 0.25) is 0 Å². The maximum atomic E-state index is 12.9. The normalized spacial score (nSPS) is 11.4. The second kappa shape index (κ2) is 7.14.